The number of amides is 1. The Labute approximate surface area is 114 Å². The summed E-state index contributed by atoms with van der Waals surface area (Å²) in [4.78, 5) is 14.3. The summed E-state index contributed by atoms with van der Waals surface area (Å²) in [5.41, 5.74) is 0. The molecule has 5 heteroatoms. The number of thiophene rings is 1. The van der Waals surface area contributed by atoms with E-state index in [4.69, 9.17) is 5.11 Å². The van der Waals surface area contributed by atoms with Crippen molar-refractivity contribution in [3.8, 4) is 0 Å². The highest BCUT2D eigenvalue weighted by molar-refractivity contribution is 9.11. The van der Waals surface area contributed by atoms with Crippen LogP contribution in [0.5, 0.6) is 0 Å². The minimum atomic E-state index is -0.373. The van der Waals surface area contributed by atoms with E-state index in [0.717, 1.165) is 8.66 Å². The number of aliphatic hydroxyl groups is 1. The van der Waals surface area contributed by atoms with Gasteiger partial charge in [-0.05, 0) is 47.5 Å². The van der Waals surface area contributed by atoms with E-state index >= 15 is 0 Å². The van der Waals surface area contributed by atoms with E-state index < -0.39 is 0 Å². The van der Waals surface area contributed by atoms with Gasteiger partial charge in [-0.1, -0.05) is 0 Å². The smallest absolute Gasteiger partial charge is 0.246 e. The zero-order valence-corrected chi connectivity index (χ0v) is 12.3. The lowest BCUT2D eigenvalue weighted by Crippen LogP contribution is -2.27. The number of likely N-dealkylation sites (N-methyl/N-ethyl adjacent to an activating group) is 1. The molecule has 0 radical (unpaired) electrons. The Balaban J connectivity index is 2.45. The van der Waals surface area contributed by atoms with Gasteiger partial charge in [0, 0.05) is 24.5 Å². The average Bonchev–Trinajstić information content (AvgIpc) is 2.68. The van der Waals surface area contributed by atoms with Crippen molar-refractivity contribution in [2.45, 2.75) is 19.4 Å². The zero-order chi connectivity index (χ0) is 12.8. The van der Waals surface area contributed by atoms with E-state index in [1.165, 1.54) is 0 Å². The predicted octanol–water partition coefficient (Wildman–Crippen LogP) is 2.75. The van der Waals surface area contributed by atoms with Crippen molar-refractivity contribution in [2.24, 2.45) is 0 Å². The van der Waals surface area contributed by atoms with Crippen LogP contribution in [-0.4, -0.2) is 35.6 Å². The van der Waals surface area contributed by atoms with Crippen molar-refractivity contribution < 1.29 is 9.90 Å². The van der Waals surface area contributed by atoms with E-state index in [1.807, 2.05) is 12.1 Å². The largest absolute Gasteiger partial charge is 0.393 e. The molecule has 1 rings (SSSR count). The molecule has 0 bridgehead atoms. The normalized spacial score (nSPS) is 12.9. The van der Waals surface area contributed by atoms with Crippen molar-refractivity contribution in [1.82, 2.24) is 4.90 Å². The summed E-state index contributed by atoms with van der Waals surface area (Å²) in [6.07, 6.45) is 3.58. The van der Waals surface area contributed by atoms with Gasteiger partial charge in [0.1, 0.15) is 0 Å². The van der Waals surface area contributed by atoms with Crippen LogP contribution in [0, 0.1) is 0 Å². The number of carbonyl (C=O) groups excluding carboxylic acids is 1. The van der Waals surface area contributed by atoms with Gasteiger partial charge in [0.05, 0.1) is 9.89 Å². The molecule has 3 nitrogen and oxygen atoms in total. The van der Waals surface area contributed by atoms with Crippen LogP contribution in [0.1, 0.15) is 18.2 Å². The highest BCUT2D eigenvalue weighted by Crippen LogP contribution is 2.22. The summed E-state index contributed by atoms with van der Waals surface area (Å²) >= 11 is 4.95. The Morgan fingerprint density at radius 2 is 2.35 bits per heavy atom. The van der Waals surface area contributed by atoms with E-state index in [9.17, 15) is 4.79 Å². The second-order valence-electron chi connectivity index (χ2n) is 3.87. The number of aliphatic hydroxyl groups excluding tert-OH is 1. The standard InChI is InChI=1S/C12H16BrNO2S/c1-9(15)7-8-14(2)12(16)6-4-10-3-5-11(13)17-10/h3-6,9,15H,7-8H2,1-2H3/b6-4+. The molecule has 94 valence electrons. The second-order valence-corrected chi connectivity index (χ2v) is 6.37. The minimum absolute atomic E-state index is 0.0461. The molecule has 0 saturated carbocycles. The van der Waals surface area contributed by atoms with Crippen LogP contribution in [0.15, 0.2) is 22.0 Å². The highest BCUT2D eigenvalue weighted by Gasteiger charge is 2.06. The summed E-state index contributed by atoms with van der Waals surface area (Å²) in [5.74, 6) is -0.0461. The fourth-order valence-electron chi connectivity index (χ4n) is 1.19. The van der Waals surface area contributed by atoms with Crippen LogP contribution >= 0.6 is 27.3 Å². The summed E-state index contributed by atoms with van der Waals surface area (Å²) in [6, 6.07) is 3.90. The Morgan fingerprint density at radius 1 is 1.65 bits per heavy atom. The fraction of sp³-hybridized carbons (Fsp3) is 0.417. The van der Waals surface area contributed by atoms with Crippen LogP contribution < -0.4 is 0 Å². The first-order chi connectivity index (χ1) is 7.99. The molecule has 17 heavy (non-hydrogen) atoms. The van der Waals surface area contributed by atoms with Crippen molar-refractivity contribution in [1.29, 1.82) is 0 Å². The summed E-state index contributed by atoms with van der Waals surface area (Å²) < 4.78 is 1.05. The zero-order valence-electron chi connectivity index (χ0n) is 9.89. The van der Waals surface area contributed by atoms with Gasteiger partial charge in [-0.15, -0.1) is 11.3 Å². The lowest BCUT2D eigenvalue weighted by Gasteiger charge is -2.15. The van der Waals surface area contributed by atoms with Gasteiger partial charge < -0.3 is 10.0 Å². The average molecular weight is 318 g/mol. The first kappa shape index (κ1) is 14.4. The molecular weight excluding hydrogens is 302 g/mol. The van der Waals surface area contributed by atoms with Crippen LogP contribution in [-0.2, 0) is 4.79 Å². The van der Waals surface area contributed by atoms with Crippen molar-refractivity contribution in [3.63, 3.8) is 0 Å². The summed E-state index contributed by atoms with van der Waals surface area (Å²) in [6.45, 7) is 2.28. The maximum Gasteiger partial charge on any atom is 0.246 e. The molecule has 1 atom stereocenters. The van der Waals surface area contributed by atoms with Crippen molar-refractivity contribution in [3.05, 3.63) is 26.9 Å². The number of hydrogen-bond donors (Lipinski definition) is 1. The molecule has 1 N–H and O–H groups in total. The van der Waals surface area contributed by atoms with E-state index in [1.54, 1.807) is 42.4 Å². The Morgan fingerprint density at radius 3 is 2.88 bits per heavy atom. The monoisotopic (exact) mass is 317 g/mol. The van der Waals surface area contributed by atoms with Gasteiger partial charge >= 0.3 is 0 Å². The van der Waals surface area contributed by atoms with Gasteiger partial charge in [0.15, 0.2) is 0 Å². The molecule has 0 saturated heterocycles. The number of hydrogen-bond acceptors (Lipinski definition) is 3. The molecular formula is C12H16BrNO2S. The molecule has 1 aromatic heterocycles. The molecule has 0 aromatic carbocycles. The number of rotatable bonds is 5. The molecule has 1 aromatic rings. The Hall–Kier alpha value is -0.650. The predicted molar refractivity (Wildman–Crippen MR) is 75.0 cm³/mol. The Kier molecular flexibility index (Phi) is 5.88. The molecule has 0 aliphatic heterocycles. The third-order valence-electron chi connectivity index (χ3n) is 2.24. The molecule has 0 aliphatic rings. The number of carbonyl (C=O) groups is 1. The topological polar surface area (TPSA) is 40.5 Å². The lowest BCUT2D eigenvalue weighted by molar-refractivity contribution is -0.124. The third kappa shape index (κ3) is 5.48. The van der Waals surface area contributed by atoms with Gasteiger partial charge in [0.2, 0.25) is 5.91 Å². The SMILES string of the molecule is CC(O)CCN(C)C(=O)/C=C/c1ccc(Br)s1. The Bertz CT molecular complexity index is 401. The molecule has 1 heterocycles. The van der Waals surface area contributed by atoms with Crippen LogP contribution in [0.4, 0.5) is 0 Å². The fourth-order valence-corrected chi connectivity index (χ4v) is 2.52. The minimum Gasteiger partial charge on any atom is -0.393 e. The summed E-state index contributed by atoms with van der Waals surface area (Å²) in [5, 5.41) is 9.13. The highest BCUT2D eigenvalue weighted by atomic mass is 79.9. The number of halogens is 1. The molecule has 0 spiro atoms. The van der Waals surface area contributed by atoms with Gasteiger partial charge in [-0.2, -0.15) is 0 Å². The van der Waals surface area contributed by atoms with Crippen LogP contribution in [0.2, 0.25) is 0 Å². The van der Waals surface area contributed by atoms with Gasteiger partial charge in [-0.25, -0.2) is 0 Å². The van der Waals surface area contributed by atoms with E-state index in [0.29, 0.717) is 13.0 Å². The van der Waals surface area contributed by atoms with Gasteiger partial charge in [-0.3, -0.25) is 4.79 Å². The third-order valence-corrected chi connectivity index (χ3v) is 3.83. The van der Waals surface area contributed by atoms with Crippen molar-refractivity contribution in [2.75, 3.05) is 13.6 Å². The maximum atomic E-state index is 11.7. The molecule has 1 amide bonds. The molecule has 1 unspecified atom stereocenters. The molecule has 0 aliphatic carbocycles. The summed E-state index contributed by atoms with van der Waals surface area (Å²) in [7, 11) is 1.74. The first-order valence-corrected chi connectivity index (χ1v) is 6.96. The van der Waals surface area contributed by atoms with E-state index in [2.05, 4.69) is 15.9 Å². The first-order valence-electron chi connectivity index (χ1n) is 5.35. The van der Waals surface area contributed by atoms with Crippen LogP contribution in [0.25, 0.3) is 6.08 Å². The second kappa shape index (κ2) is 6.93. The van der Waals surface area contributed by atoms with Crippen molar-refractivity contribution >= 4 is 39.2 Å². The van der Waals surface area contributed by atoms with Gasteiger partial charge in [0.25, 0.3) is 0 Å². The maximum absolute atomic E-state index is 11.7. The quantitative estimate of drug-likeness (QED) is 0.848. The van der Waals surface area contributed by atoms with Crippen LogP contribution in [0.3, 0.4) is 0 Å². The molecule has 0 fully saturated rings. The van der Waals surface area contributed by atoms with E-state index in [-0.39, 0.29) is 12.0 Å². The number of nitrogens with zero attached hydrogens (tertiary/aromatic N) is 1. The lowest BCUT2D eigenvalue weighted by atomic mass is 10.2.